The minimum atomic E-state index is -0.344. The number of aromatic nitrogens is 2. The Labute approximate surface area is 146 Å². The van der Waals surface area contributed by atoms with Crippen molar-refractivity contribution in [1.29, 1.82) is 0 Å². The molecule has 25 heavy (non-hydrogen) atoms. The maximum absolute atomic E-state index is 12.4. The highest BCUT2D eigenvalue weighted by atomic mass is 16.5. The van der Waals surface area contributed by atoms with Crippen molar-refractivity contribution < 1.29 is 13.9 Å². The summed E-state index contributed by atoms with van der Waals surface area (Å²) in [5, 5.41) is 7.13. The van der Waals surface area contributed by atoms with Gasteiger partial charge in [0.25, 0.3) is 0 Å². The number of hydrogen-bond donors (Lipinski definition) is 1. The summed E-state index contributed by atoms with van der Waals surface area (Å²) in [7, 11) is 1.93. The van der Waals surface area contributed by atoms with E-state index in [1.54, 1.807) is 6.26 Å². The molecule has 0 aliphatic carbocycles. The molecular weight excluding hydrogens is 320 g/mol. The predicted molar refractivity (Wildman–Crippen MR) is 90.4 cm³/mol. The van der Waals surface area contributed by atoms with Crippen molar-refractivity contribution in [2.24, 2.45) is 13.0 Å². The molecule has 2 aliphatic heterocycles. The van der Waals surface area contributed by atoms with Crippen LogP contribution in [0.25, 0.3) is 0 Å². The van der Waals surface area contributed by atoms with Gasteiger partial charge in [-0.25, -0.2) is 0 Å². The minimum absolute atomic E-state index is 0.0374. The maximum Gasteiger partial charge on any atom is 0.249 e. The first kappa shape index (κ1) is 16.4. The highest BCUT2D eigenvalue weighted by Gasteiger charge is 2.41. The molecule has 2 saturated heterocycles. The summed E-state index contributed by atoms with van der Waals surface area (Å²) in [6.45, 7) is 3.21. The molecule has 7 nitrogen and oxygen atoms in total. The van der Waals surface area contributed by atoms with E-state index in [0.29, 0.717) is 12.5 Å². The van der Waals surface area contributed by atoms with Gasteiger partial charge in [-0.05, 0) is 37.4 Å². The van der Waals surface area contributed by atoms with E-state index in [-0.39, 0.29) is 18.1 Å². The van der Waals surface area contributed by atoms with Crippen molar-refractivity contribution in [2.45, 2.75) is 38.1 Å². The third-order valence-electron chi connectivity index (χ3n) is 5.11. The van der Waals surface area contributed by atoms with Crippen molar-refractivity contribution in [3.05, 3.63) is 42.1 Å². The number of fused-ring (bicyclic) bond motifs is 1. The van der Waals surface area contributed by atoms with Crippen LogP contribution in [0.15, 0.2) is 35.2 Å². The number of aryl methyl sites for hydroxylation is 1. The number of piperidine rings is 1. The SMILES string of the molecule is Cn1cc(CN2CC[C@H]3C[C@H](C(=O)NCc4ccco4)O[C@@H]3C2)cn1. The van der Waals surface area contributed by atoms with E-state index in [1.807, 2.05) is 36.3 Å². The quantitative estimate of drug-likeness (QED) is 0.885. The summed E-state index contributed by atoms with van der Waals surface area (Å²) in [4.78, 5) is 14.7. The fraction of sp³-hybridized carbons (Fsp3) is 0.556. The molecule has 0 saturated carbocycles. The van der Waals surface area contributed by atoms with E-state index < -0.39 is 0 Å². The average molecular weight is 344 g/mol. The lowest BCUT2D eigenvalue weighted by molar-refractivity contribution is -0.133. The van der Waals surface area contributed by atoms with Crippen molar-refractivity contribution in [3.63, 3.8) is 0 Å². The molecule has 0 spiro atoms. The normalized spacial score (nSPS) is 26.5. The molecule has 4 rings (SSSR count). The van der Waals surface area contributed by atoms with Gasteiger partial charge in [0.2, 0.25) is 5.91 Å². The monoisotopic (exact) mass is 344 g/mol. The lowest BCUT2D eigenvalue weighted by atomic mass is 9.91. The fourth-order valence-electron chi connectivity index (χ4n) is 3.82. The topological polar surface area (TPSA) is 72.5 Å². The number of furan rings is 1. The number of carbonyl (C=O) groups is 1. The van der Waals surface area contributed by atoms with Crippen LogP contribution in [-0.4, -0.2) is 45.9 Å². The van der Waals surface area contributed by atoms with Crippen LogP contribution in [0.3, 0.4) is 0 Å². The first-order valence-electron chi connectivity index (χ1n) is 8.83. The second-order valence-corrected chi connectivity index (χ2v) is 7.00. The van der Waals surface area contributed by atoms with Gasteiger partial charge < -0.3 is 14.5 Å². The molecular formula is C18H24N4O3. The zero-order valence-electron chi connectivity index (χ0n) is 14.4. The molecule has 2 fully saturated rings. The van der Waals surface area contributed by atoms with E-state index >= 15 is 0 Å². The first-order chi connectivity index (χ1) is 12.2. The Morgan fingerprint density at radius 1 is 1.48 bits per heavy atom. The van der Waals surface area contributed by atoms with Crippen molar-refractivity contribution in [3.8, 4) is 0 Å². The summed E-state index contributed by atoms with van der Waals surface area (Å²) in [5.41, 5.74) is 1.21. The number of carbonyl (C=O) groups excluding carboxylic acids is 1. The fourth-order valence-corrected chi connectivity index (χ4v) is 3.82. The predicted octanol–water partition coefficient (Wildman–Crippen LogP) is 1.31. The van der Waals surface area contributed by atoms with Crippen molar-refractivity contribution in [2.75, 3.05) is 13.1 Å². The zero-order chi connectivity index (χ0) is 17.2. The Morgan fingerprint density at radius 3 is 3.16 bits per heavy atom. The summed E-state index contributed by atoms with van der Waals surface area (Å²) >= 11 is 0. The molecule has 0 bridgehead atoms. The Hall–Kier alpha value is -2.12. The van der Waals surface area contributed by atoms with E-state index in [0.717, 1.165) is 38.2 Å². The van der Waals surface area contributed by atoms with Gasteiger partial charge in [-0.2, -0.15) is 5.10 Å². The van der Waals surface area contributed by atoms with Crippen LogP contribution in [0.1, 0.15) is 24.2 Å². The van der Waals surface area contributed by atoms with E-state index in [1.165, 1.54) is 5.56 Å². The number of hydrogen-bond acceptors (Lipinski definition) is 5. The standard InChI is InChI=1S/C18H24N4O3/c1-21-10-13(8-20-21)11-22-5-4-14-7-16(25-17(14)12-22)18(23)19-9-15-3-2-6-24-15/h2-3,6,8,10,14,16-17H,4-5,7,9,11-12H2,1H3,(H,19,23)/t14-,16+,17+/m0/s1. The van der Waals surface area contributed by atoms with Crippen LogP contribution < -0.4 is 5.32 Å². The molecule has 0 aromatic carbocycles. The number of nitrogens with one attached hydrogen (secondary N) is 1. The van der Waals surface area contributed by atoms with Crippen molar-refractivity contribution >= 4 is 5.91 Å². The zero-order valence-corrected chi connectivity index (χ0v) is 14.4. The number of amides is 1. The lowest BCUT2D eigenvalue weighted by Crippen LogP contribution is -2.42. The van der Waals surface area contributed by atoms with Gasteiger partial charge in [0, 0.05) is 31.9 Å². The highest BCUT2D eigenvalue weighted by molar-refractivity contribution is 5.81. The molecule has 4 heterocycles. The summed E-state index contributed by atoms with van der Waals surface area (Å²) in [5.74, 6) is 1.19. The summed E-state index contributed by atoms with van der Waals surface area (Å²) in [6.07, 6.45) is 7.26. The molecule has 0 unspecified atom stereocenters. The number of nitrogens with zero attached hydrogens (tertiary/aromatic N) is 3. The van der Waals surface area contributed by atoms with Crippen LogP contribution >= 0.6 is 0 Å². The van der Waals surface area contributed by atoms with E-state index in [2.05, 4.69) is 15.3 Å². The third kappa shape index (κ3) is 3.77. The van der Waals surface area contributed by atoms with E-state index in [9.17, 15) is 4.79 Å². The Balaban J connectivity index is 1.28. The average Bonchev–Trinajstić information content (AvgIpc) is 3.33. The number of ether oxygens (including phenoxy) is 1. The number of likely N-dealkylation sites (tertiary alicyclic amines) is 1. The summed E-state index contributed by atoms with van der Waals surface area (Å²) < 4.78 is 13.1. The van der Waals surface area contributed by atoms with Crippen LogP contribution in [-0.2, 0) is 29.7 Å². The largest absolute Gasteiger partial charge is 0.467 e. The van der Waals surface area contributed by atoms with Gasteiger partial charge in [-0.15, -0.1) is 0 Å². The molecule has 2 aliphatic rings. The Morgan fingerprint density at radius 2 is 2.40 bits per heavy atom. The molecule has 134 valence electrons. The highest BCUT2D eigenvalue weighted by Crippen LogP contribution is 2.33. The molecule has 2 aromatic rings. The third-order valence-corrected chi connectivity index (χ3v) is 5.11. The van der Waals surface area contributed by atoms with E-state index in [4.69, 9.17) is 9.15 Å². The van der Waals surface area contributed by atoms with Crippen LogP contribution in [0.2, 0.25) is 0 Å². The molecule has 0 radical (unpaired) electrons. The maximum atomic E-state index is 12.4. The molecule has 2 aromatic heterocycles. The van der Waals surface area contributed by atoms with Crippen LogP contribution in [0.4, 0.5) is 0 Å². The lowest BCUT2D eigenvalue weighted by Gasteiger charge is -2.33. The van der Waals surface area contributed by atoms with Crippen LogP contribution in [0.5, 0.6) is 0 Å². The second kappa shape index (κ2) is 7.01. The van der Waals surface area contributed by atoms with Gasteiger partial charge in [-0.1, -0.05) is 0 Å². The first-order valence-corrected chi connectivity index (χ1v) is 8.83. The molecule has 7 heteroatoms. The van der Waals surface area contributed by atoms with Gasteiger partial charge in [0.05, 0.1) is 25.1 Å². The smallest absolute Gasteiger partial charge is 0.249 e. The Bertz CT molecular complexity index is 712. The van der Waals surface area contributed by atoms with Crippen molar-refractivity contribution in [1.82, 2.24) is 20.0 Å². The Kier molecular flexibility index (Phi) is 4.59. The second-order valence-electron chi connectivity index (χ2n) is 7.00. The molecule has 1 amide bonds. The molecule has 1 N–H and O–H groups in total. The van der Waals surface area contributed by atoms with Gasteiger partial charge in [0.1, 0.15) is 11.9 Å². The number of rotatable bonds is 5. The summed E-state index contributed by atoms with van der Waals surface area (Å²) in [6, 6.07) is 3.67. The van der Waals surface area contributed by atoms with Gasteiger partial charge in [0.15, 0.2) is 0 Å². The van der Waals surface area contributed by atoms with Gasteiger partial charge >= 0.3 is 0 Å². The van der Waals surface area contributed by atoms with Crippen LogP contribution in [0, 0.1) is 5.92 Å². The molecule has 3 atom stereocenters. The van der Waals surface area contributed by atoms with Gasteiger partial charge in [-0.3, -0.25) is 14.4 Å². The minimum Gasteiger partial charge on any atom is -0.467 e.